The van der Waals surface area contributed by atoms with E-state index in [0.29, 0.717) is 18.5 Å². The first kappa shape index (κ1) is 20.0. The molecule has 2 aliphatic heterocycles. The average molecular weight is 394 g/mol. The van der Waals surface area contributed by atoms with E-state index in [1.807, 2.05) is 0 Å². The maximum Gasteiger partial charge on any atom is 0.408 e. The number of anilines is 2. The van der Waals surface area contributed by atoms with Crippen LogP contribution in [0.4, 0.5) is 20.6 Å². The van der Waals surface area contributed by atoms with Crippen LogP contribution in [0.15, 0.2) is 18.2 Å². The molecular formula is C18H23FN4O5. The van der Waals surface area contributed by atoms with Crippen LogP contribution >= 0.6 is 0 Å². The Morgan fingerprint density at radius 1 is 1.43 bits per heavy atom. The van der Waals surface area contributed by atoms with Crippen molar-refractivity contribution < 1.29 is 28.6 Å². The summed E-state index contributed by atoms with van der Waals surface area (Å²) < 4.78 is 19.7. The number of nitrogens with one attached hydrogen (secondary N) is 1. The summed E-state index contributed by atoms with van der Waals surface area (Å²) in [6, 6.07) is 2.91. The van der Waals surface area contributed by atoms with Crippen LogP contribution in [-0.2, 0) is 14.3 Å². The minimum atomic E-state index is -1.24. The third-order valence-electron chi connectivity index (χ3n) is 5.23. The molecule has 3 rings (SSSR count). The number of methoxy groups -OCH3 is 1. The summed E-state index contributed by atoms with van der Waals surface area (Å²) in [4.78, 5) is 38.4. The zero-order valence-electron chi connectivity index (χ0n) is 15.4. The van der Waals surface area contributed by atoms with Gasteiger partial charge in [0, 0.05) is 38.2 Å². The normalized spacial score (nSPS) is 24.7. The Bertz CT molecular complexity index is 789. The van der Waals surface area contributed by atoms with E-state index < -0.39 is 30.0 Å². The van der Waals surface area contributed by atoms with Gasteiger partial charge in [-0.15, -0.1) is 0 Å². The van der Waals surface area contributed by atoms with Gasteiger partial charge in [-0.05, 0) is 24.6 Å². The maximum atomic E-state index is 14.6. The molecule has 2 aliphatic rings. The van der Waals surface area contributed by atoms with Gasteiger partial charge >= 0.3 is 6.09 Å². The topological polar surface area (TPSA) is 125 Å². The molecular weight excluding hydrogens is 371 g/mol. The number of carboxylic acid groups (broad SMARTS) is 1. The zero-order chi connectivity index (χ0) is 20.4. The molecule has 9 nitrogen and oxygen atoms in total. The number of rotatable bonds is 5. The van der Waals surface area contributed by atoms with Gasteiger partial charge in [-0.3, -0.25) is 14.5 Å². The van der Waals surface area contributed by atoms with Crippen LogP contribution in [-0.4, -0.2) is 66.3 Å². The van der Waals surface area contributed by atoms with Crippen LogP contribution in [0.3, 0.4) is 0 Å². The zero-order valence-corrected chi connectivity index (χ0v) is 15.4. The van der Waals surface area contributed by atoms with Crippen molar-refractivity contribution in [2.75, 3.05) is 30.4 Å². The number of halogens is 1. The molecule has 0 saturated carbocycles. The van der Waals surface area contributed by atoms with Gasteiger partial charge in [-0.25, -0.2) is 9.18 Å². The first-order valence-electron chi connectivity index (χ1n) is 9.00. The molecule has 0 spiro atoms. The lowest BCUT2D eigenvalue weighted by atomic mass is 10.1. The van der Waals surface area contributed by atoms with E-state index in [4.69, 9.17) is 10.5 Å². The highest BCUT2D eigenvalue weighted by Crippen LogP contribution is 2.30. The molecule has 3 atom stereocenters. The number of carbonyl (C=O) groups excluding carboxylic acids is 2. The van der Waals surface area contributed by atoms with Gasteiger partial charge in [-0.1, -0.05) is 0 Å². The smallest absolute Gasteiger partial charge is 0.408 e. The molecule has 3 amide bonds. The maximum absolute atomic E-state index is 14.6. The standard InChI is InChI=1S/C18H23FN4O5/c1-28-12-7-15(22(9-12)18(26)27)17(25)21-14-4-2-10(6-13(14)19)23-11(8-20)3-5-16(23)24/h2,4,6,11-12,15H,3,5,7-9,20H2,1H3,(H,21,25)(H,26,27). The van der Waals surface area contributed by atoms with Gasteiger partial charge in [0.1, 0.15) is 11.9 Å². The second kappa shape index (κ2) is 8.11. The van der Waals surface area contributed by atoms with Gasteiger partial charge in [-0.2, -0.15) is 0 Å². The van der Waals surface area contributed by atoms with Crippen LogP contribution in [0.25, 0.3) is 0 Å². The molecule has 152 valence electrons. The lowest BCUT2D eigenvalue weighted by molar-refractivity contribution is -0.120. The third kappa shape index (κ3) is 3.78. The number of benzene rings is 1. The number of hydrogen-bond acceptors (Lipinski definition) is 5. The monoisotopic (exact) mass is 394 g/mol. The van der Waals surface area contributed by atoms with Crippen LogP contribution in [0.1, 0.15) is 19.3 Å². The lowest BCUT2D eigenvalue weighted by Gasteiger charge is -2.24. The number of ether oxygens (including phenoxy) is 1. The van der Waals surface area contributed by atoms with Gasteiger partial charge in [0.25, 0.3) is 0 Å². The number of nitrogens with two attached hydrogens (primary N) is 1. The summed E-state index contributed by atoms with van der Waals surface area (Å²) in [6.07, 6.45) is -0.475. The Morgan fingerprint density at radius 3 is 2.79 bits per heavy atom. The van der Waals surface area contributed by atoms with Crippen LogP contribution in [0, 0.1) is 5.82 Å². The van der Waals surface area contributed by atoms with E-state index in [9.17, 15) is 23.9 Å². The molecule has 0 aliphatic carbocycles. The van der Waals surface area contributed by atoms with Crippen molar-refractivity contribution in [3.63, 3.8) is 0 Å². The van der Waals surface area contributed by atoms with E-state index in [2.05, 4.69) is 5.32 Å². The molecule has 1 aromatic rings. The van der Waals surface area contributed by atoms with Crippen molar-refractivity contribution in [3.8, 4) is 0 Å². The largest absolute Gasteiger partial charge is 0.465 e. The Kier molecular flexibility index (Phi) is 5.80. The van der Waals surface area contributed by atoms with Crippen molar-refractivity contribution in [2.45, 2.75) is 37.5 Å². The minimum absolute atomic E-state index is 0.0723. The molecule has 4 N–H and O–H groups in total. The fraction of sp³-hybridized carbons (Fsp3) is 0.500. The number of carbonyl (C=O) groups is 3. The molecule has 2 saturated heterocycles. The summed E-state index contributed by atoms with van der Waals surface area (Å²) >= 11 is 0. The van der Waals surface area contributed by atoms with Crippen molar-refractivity contribution in [2.24, 2.45) is 5.73 Å². The molecule has 10 heteroatoms. The van der Waals surface area contributed by atoms with Crippen molar-refractivity contribution in [1.82, 2.24) is 4.90 Å². The highest BCUT2D eigenvalue weighted by molar-refractivity contribution is 5.98. The molecule has 0 bridgehead atoms. The lowest BCUT2D eigenvalue weighted by Crippen LogP contribution is -2.42. The summed E-state index contributed by atoms with van der Waals surface area (Å²) in [7, 11) is 1.44. The predicted molar refractivity (Wildman–Crippen MR) is 98.5 cm³/mol. The number of amides is 3. The van der Waals surface area contributed by atoms with Gasteiger partial charge in [0.05, 0.1) is 18.3 Å². The van der Waals surface area contributed by atoms with Crippen molar-refractivity contribution >= 4 is 29.3 Å². The first-order valence-corrected chi connectivity index (χ1v) is 9.00. The third-order valence-corrected chi connectivity index (χ3v) is 5.23. The molecule has 0 aromatic heterocycles. The SMILES string of the molecule is COC1CC(C(=O)Nc2ccc(N3C(=O)CCC3CN)cc2F)N(C(=O)O)C1. The second-order valence-corrected chi connectivity index (χ2v) is 6.89. The number of hydrogen-bond donors (Lipinski definition) is 3. The summed E-state index contributed by atoms with van der Waals surface area (Å²) in [5.74, 6) is -1.48. The van der Waals surface area contributed by atoms with Crippen LogP contribution in [0.5, 0.6) is 0 Å². The van der Waals surface area contributed by atoms with E-state index in [1.165, 1.54) is 30.2 Å². The average Bonchev–Trinajstić information content (AvgIpc) is 3.27. The molecule has 2 fully saturated rings. The Hall–Kier alpha value is -2.72. The molecule has 3 unspecified atom stereocenters. The Labute approximate surface area is 161 Å². The Balaban J connectivity index is 1.75. The fourth-order valence-electron chi connectivity index (χ4n) is 3.72. The fourth-order valence-corrected chi connectivity index (χ4v) is 3.72. The molecule has 0 radical (unpaired) electrons. The number of likely N-dealkylation sites (tertiary alicyclic amines) is 1. The molecule has 28 heavy (non-hydrogen) atoms. The second-order valence-electron chi connectivity index (χ2n) is 6.89. The quantitative estimate of drug-likeness (QED) is 0.684. The first-order chi connectivity index (χ1) is 13.3. The Morgan fingerprint density at radius 2 is 2.18 bits per heavy atom. The van der Waals surface area contributed by atoms with Gasteiger partial charge in [0.15, 0.2) is 0 Å². The summed E-state index contributed by atoms with van der Waals surface area (Å²) in [6.45, 7) is 0.349. The minimum Gasteiger partial charge on any atom is -0.465 e. The van der Waals surface area contributed by atoms with E-state index >= 15 is 0 Å². The van der Waals surface area contributed by atoms with Crippen LogP contribution < -0.4 is 16.0 Å². The van der Waals surface area contributed by atoms with E-state index in [1.54, 1.807) is 0 Å². The highest BCUT2D eigenvalue weighted by atomic mass is 19.1. The van der Waals surface area contributed by atoms with Crippen molar-refractivity contribution in [3.05, 3.63) is 24.0 Å². The van der Waals surface area contributed by atoms with Crippen LogP contribution in [0.2, 0.25) is 0 Å². The van der Waals surface area contributed by atoms with Gasteiger partial charge in [0.2, 0.25) is 11.8 Å². The predicted octanol–water partition coefficient (Wildman–Crippen LogP) is 0.986. The van der Waals surface area contributed by atoms with Crippen molar-refractivity contribution in [1.29, 1.82) is 0 Å². The van der Waals surface area contributed by atoms with E-state index in [-0.39, 0.29) is 37.1 Å². The highest BCUT2D eigenvalue weighted by Gasteiger charge is 2.40. The van der Waals surface area contributed by atoms with E-state index in [0.717, 1.165) is 4.90 Å². The molecule has 1 aromatic carbocycles. The number of nitrogens with zero attached hydrogens (tertiary/aromatic N) is 2. The summed E-state index contributed by atoms with van der Waals surface area (Å²) in [5, 5.41) is 11.7. The van der Waals surface area contributed by atoms with Gasteiger partial charge < -0.3 is 25.8 Å². The molecule has 2 heterocycles. The summed E-state index contributed by atoms with van der Waals surface area (Å²) in [5.41, 5.74) is 5.97.